The number of hydrogen-bond acceptors (Lipinski definition) is 1. The van der Waals surface area contributed by atoms with Gasteiger partial charge >= 0.3 is 0 Å². The van der Waals surface area contributed by atoms with Gasteiger partial charge in [0.15, 0.2) is 0 Å². The zero-order chi connectivity index (χ0) is 11.5. The van der Waals surface area contributed by atoms with Crippen molar-refractivity contribution in [1.29, 1.82) is 0 Å². The maximum Gasteiger partial charge on any atom is 0.0412 e. The standard InChI is InChI=1S/C14H14ClN/c1-10(2)13-6-5-12(15)8-14(13)11-4-3-7-16-9-11/h3-10H,1-2H3. The molecule has 0 spiro atoms. The molecule has 0 aliphatic carbocycles. The summed E-state index contributed by atoms with van der Waals surface area (Å²) in [6.07, 6.45) is 3.65. The molecule has 1 aromatic heterocycles. The smallest absolute Gasteiger partial charge is 0.0412 e. The van der Waals surface area contributed by atoms with E-state index in [0.29, 0.717) is 5.92 Å². The molecule has 2 rings (SSSR count). The number of rotatable bonds is 2. The summed E-state index contributed by atoms with van der Waals surface area (Å²) in [6.45, 7) is 4.37. The molecule has 2 heteroatoms. The van der Waals surface area contributed by atoms with E-state index in [-0.39, 0.29) is 0 Å². The molecule has 0 saturated heterocycles. The molecule has 1 heterocycles. The Morgan fingerprint density at radius 1 is 1.19 bits per heavy atom. The third-order valence-electron chi connectivity index (χ3n) is 2.61. The van der Waals surface area contributed by atoms with Gasteiger partial charge in [-0.25, -0.2) is 0 Å². The van der Waals surface area contributed by atoms with Crippen molar-refractivity contribution >= 4 is 11.6 Å². The molecule has 0 atom stereocenters. The minimum Gasteiger partial charge on any atom is -0.264 e. The Bertz CT molecular complexity index is 477. The van der Waals surface area contributed by atoms with E-state index in [4.69, 9.17) is 11.6 Å². The monoisotopic (exact) mass is 231 g/mol. The lowest BCUT2D eigenvalue weighted by Crippen LogP contribution is -1.92. The number of nitrogens with zero attached hydrogens (tertiary/aromatic N) is 1. The van der Waals surface area contributed by atoms with Crippen molar-refractivity contribution in [2.24, 2.45) is 0 Å². The van der Waals surface area contributed by atoms with Gasteiger partial charge in [0, 0.05) is 23.0 Å². The second-order valence-electron chi connectivity index (χ2n) is 4.13. The van der Waals surface area contributed by atoms with Gasteiger partial charge in [0.1, 0.15) is 0 Å². The average Bonchev–Trinajstić information content (AvgIpc) is 2.29. The number of aromatic nitrogens is 1. The molecule has 1 aromatic carbocycles. The number of pyridine rings is 1. The van der Waals surface area contributed by atoms with Gasteiger partial charge in [-0.2, -0.15) is 0 Å². The molecule has 1 nitrogen and oxygen atoms in total. The van der Waals surface area contributed by atoms with Gasteiger partial charge in [0.2, 0.25) is 0 Å². The molecule has 0 saturated carbocycles. The predicted molar refractivity (Wildman–Crippen MR) is 68.8 cm³/mol. The molecule has 16 heavy (non-hydrogen) atoms. The first-order valence-corrected chi connectivity index (χ1v) is 5.76. The van der Waals surface area contributed by atoms with Crippen molar-refractivity contribution in [3.05, 3.63) is 53.3 Å². The van der Waals surface area contributed by atoms with E-state index in [2.05, 4.69) is 31.0 Å². The highest BCUT2D eigenvalue weighted by molar-refractivity contribution is 6.30. The summed E-state index contributed by atoms with van der Waals surface area (Å²) in [5, 5.41) is 0.767. The van der Waals surface area contributed by atoms with Crippen molar-refractivity contribution in [3.63, 3.8) is 0 Å². The van der Waals surface area contributed by atoms with Gasteiger partial charge in [-0.05, 0) is 35.2 Å². The van der Waals surface area contributed by atoms with Crippen molar-refractivity contribution in [2.45, 2.75) is 19.8 Å². The lowest BCUT2D eigenvalue weighted by molar-refractivity contribution is 0.869. The zero-order valence-corrected chi connectivity index (χ0v) is 10.2. The Morgan fingerprint density at radius 3 is 2.62 bits per heavy atom. The fourth-order valence-electron chi connectivity index (χ4n) is 1.80. The minimum atomic E-state index is 0.479. The molecule has 82 valence electrons. The second-order valence-corrected chi connectivity index (χ2v) is 4.56. The van der Waals surface area contributed by atoms with Crippen LogP contribution in [0, 0.1) is 0 Å². The zero-order valence-electron chi connectivity index (χ0n) is 9.44. The first-order chi connectivity index (χ1) is 7.68. The lowest BCUT2D eigenvalue weighted by Gasteiger charge is -2.13. The Labute approximate surface area is 101 Å². The number of halogens is 1. The highest BCUT2D eigenvalue weighted by Crippen LogP contribution is 2.30. The van der Waals surface area contributed by atoms with E-state index in [0.717, 1.165) is 10.6 Å². The lowest BCUT2D eigenvalue weighted by atomic mass is 9.93. The van der Waals surface area contributed by atoms with Crippen LogP contribution in [0.4, 0.5) is 0 Å². The Morgan fingerprint density at radius 2 is 2.00 bits per heavy atom. The largest absolute Gasteiger partial charge is 0.264 e. The fraction of sp³-hybridized carbons (Fsp3) is 0.214. The van der Waals surface area contributed by atoms with Crippen LogP contribution in [0.5, 0.6) is 0 Å². The van der Waals surface area contributed by atoms with Crippen LogP contribution >= 0.6 is 11.6 Å². The van der Waals surface area contributed by atoms with Gasteiger partial charge in [0.25, 0.3) is 0 Å². The third kappa shape index (κ3) is 2.25. The first-order valence-electron chi connectivity index (χ1n) is 5.38. The van der Waals surface area contributed by atoms with Gasteiger partial charge in [-0.3, -0.25) is 4.98 Å². The summed E-state index contributed by atoms with van der Waals surface area (Å²) in [6, 6.07) is 10.0. The quantitative estimate of drug-likeness (QED) is 0.740. The van der Waals surface area contributed by atoms with Crippen LogP contribution in [0.2, 0.25) is 5.02 Å². The predicted octanol–water partition coefficient (Wildman–Crippen LogP) is 4.53. The van der Waals surface area contributed by atoms with Crippen LogP contribution in [0.15, 0.2) is 42.7 Å². The maximum absolute atomic E-state index is 6.05. The van der Waals surface area contributed by atoms with Crippen molar-refractivity contribution in [3.8, 4) is 11.1 Å². The molecule has 0 fully saturated rings. The molecular weight excluding hydrogens is 218 g/mol. The van der Waals surface area contributed by atoms with E-state index in [1.807, 2.05) is 24.4 Å². The first kappa shape index (κ1) is 11.2. The summed E-state index contributed by atoms with van der Waals surface area (Å²) < 4.78 is 0. The fourth-order valence-corrected chi connectivity index (χ4v) is 1.98. The molecule has 2 aromatic rings. The van der Waals surface area contributed by atoms with E-state index >= 15 is 0 Å². The van der Waals surface area contributed by atoms with Crippen molar-refractivity contribution in [2.75, 3.05) is 0 Å². The molecule has 0 radical (unpaired) electrons. The molecule has 0 aliphatic heterocycles. The van der Waals surface area contributed by atoms with Crippen LogP contribution in [-0.2, 0) is 0 Å². The topological polar surface area (TPSA) is 12.9 Å². The summed E-state index contributed by atoms with van der Waals surface area (Å²) in [5.74, 6) is 0.479. The molecule has 0 N–H and O–H groups in total. The van der Waals surface area contributed by atoms with Gasteiger partial charge in [0.05, 0.1) is 0 Å². The number of benzene rings is 1. The Balaban J connectivity index is 2.58. The normalized spacial score (nSPS) is 10.8. The molecule has 0 bridgehead atoms. The van der Waals surface area contributed by atoms with Crippen LogP contribution in [0.1, 0.15) is 25.3 Å². The van der Waals surface area contributed by atoms with Crippen molar-refractivity contribution < 1.29 is 0 Å². The van der Waals surface area contributed by atoms with E-state index in [1.54, 1.807) is 6.20 Å². The average molecular weight is 232 g/mol. The summed E-state index contributed by atoms with van der Waals surface area (Å²) in [4.78, 5) is 4.15. The van der Waals surface area contributed by atoms with Crippen LogP contribution in [0.25, 0.3) is 11.1 Å². The minimum absolute atomic E-state index is 0.479. The third-order valence-corrected chi connectivity index (χ3v) is 2.84. The molecule has 0 unspecified atom stereocenters. The van der Waals surface area contributed by atoms with Gasteiger partial charge in [-0.15, -0.1) is 0 Å². The van der Waals surface area contributed by atoms with Crippen LogP contribution < -0.4 is 0 Å². The summed E-state index contributed by atoms with van der Waals surface area (Å²) >= 11 is 6.05. The highest BCUT2D eigenvalue weighted by Gasteiger charge is 2.08. The van der Waals surface area contributed by atoms with Crippen LogP contribution in [-0.4, -0.2) is 4.98 Å². The summed E-state index contributed by atoms with van der Waals surface area (Å²) in [7, 11) is 0. The second kappa shape index (κ2) is 4.67. The van der Waals surface area contributed by atoms with Gasteiger partial charge in [-0.1, -0.05) is 37.6 Å². The summed E-state index contributed by atoms with van der Waals surface area (Å²) in [5.41, 5.74) is 3.60. The van der Waals surface area contributed by atoms with E-state index in [9.17, 15) is 0 Å². The molecule has 0 aliphatic rings. The van der Waals surface area contributed by atoms with Crippen LogP contribution in [0.3, 0.4) is 0 Å². The van der Waals surface area contributed by atoms with E-state index < -0.39 is 0 Å². The Hall–Kier alpha value is -1.34. The molecule has 0 amide bonds. The number of hydrogen-bond donors (Lipinski definition) is 0. The highest BCUT2D eigenvalue weighted by atomic mass is 35.5. The Kier molecular flexibility index (Phi) is 3.25. The maximum atomic E-state index is 6.05. The van der Waals surface area contributed by atoms with Crippen molar-refractivity contribution in [1.82, 2.24) is 4.98 Å². The molecular formula is C14H14ClN. The van der Waals surface area contributed by atoms with Gasteiger partial charge < -0.3 is 0 Å². The SMILES string of the molecule is CC(C)c1ccc(Cl)cc1-c1cccnc1. The van der Waals surface area contributed by atoms with E-state index in [1.165, 1.54) is 11.1 Å².